The van der Waals surface area contributed by atoms with E-state index in [4.69, 9.17) is 0 Å². The quantitative estimate of drug-likeness (QED) is 0.221. The van der Waals surface area contributed by atoms with Crippen LogP contribution in [0.5, 0.6) is 0 Å². The molecule has 3 rings (SSSR count). The van der Waals surface area contributed by atoms with Crippen molar-refractivity contribution in [2.24, 2.45) is 10.4 Å². The van der Waals surface area contributed by atoms with Crippen LogP contribution in [0, 0.1) is 12.3 Å². The molecule has 0 saturated heterocycles. The number of Topliss-reactive ketones (excluding diaryl/α,β-unsaturated/α-hetero) is 1. The molecule has 0 unspecified atom stereocenters. The Hall–Kier alpha value is -3.46. The van der Waals surface area contributed by atoms with Gasteiger partial charge in [0, 0.05) is 42.7 Å². The van der Waals surface area contributed by atoms with Crippen molar-refractivity contribution in [1.29, 1.82) is 0 Å². The number of nitrogens with one attached hydrogen (secondary N) is 1. The molecule has 3 aromatic rings. The molecule has 0 aromatic heterocycles. The minimum absolute atomic E-state index is 0.129. The van der Waals surface area contributed by atoms with Gasteiger partial charge >= 0.3 is 0 Å². The summed E-state index contributed by atoms with van der Waals surface area (Å²) in [4.78, 5) is 15.6. The number of aryl methyl sites for hydroxylation is 2. The van der Waals surface area contributed by atoms with Crippen molar-refractivity contribution in [3.8, 4) is 0 Å². The first kappa shape index (κ1) is 37.5. The average Bonchev–Trinajstić information content (AvgIpc) is 2.96. The molecule has 0 amide bonds. The van der Waals surface area contributed by atoms with E-state index in [1.807, 2.05) is 66.9 Å². The number of hydrogen-bond acceptors (Lipinski definition) is 3. The van der Waals surface area contributed by atoms with Gasteiger partial charge in [0.05, 0.1) is 5.71 Å². The van der Waals surface area contributed by atoms with Gasteiger partial charge in [-0.25, -0.2) is 0 Å². The van der Waals surface area contributed by atoms with Crippen LogP contribution < -0.4 is 5.32 Å². The second-order valence-corrected chi connectivity index (χ2v) is 11.2. The standard InChI is InChI=1S/C17H19N.C8H11N.C8H16O.C5H10/c1-3-9-14-10-7-8-13-16(14)17(18-2)15-11-5-4-6-12-15;1-7-4-3-5-8(6-7)9-2;1-5-6-7(9)8(2,3)4;1-4-5(2)3/h4-8,10-13H,3,9H2,1-2H3;3-6,9H,1-2H3;5-6H2,1-4H3;2,4H2,1,3H3. The Morgan fingerprint density at radius 1 is 0.878 bits per heavy atom. The summed E-state index contributed by atoms with van der Waals surface area (Å²) >= 11 is 0. The zero-order valence-electron chi connectivity index (χ0n) is 27.6. The van der Waals surface area contributed by atoms with Crippen LogP contribution in [0.4, 0.5) is 5.69 Å². The van der Waals surface area contributed by atoms with Crippen LogP contribution in [0.3, 0.4) is 0 Å². The lowest BCUT2D eigenvalue weighted by atomic mass is 9.88. The van der Waals surface area contributed by atoms with Gasteiger partial charge in [-0.15, -0.1) is 6.58 Å². The topological polar surface area (TPSA) is 41.5 Å². The smallest absolute Gasteiger partial charge is 0.138 e. The molecule has 224 valence electrons. The molecule has 41 heavy (non-hydrogen) atoms. The van der Waals surface area contributed by atoms with Crippen molar-refractivity contribution in [3.63, 3.8) is 0 Å². The van der Waals surface area contributed by atoms with E-state index in [0.717, 1.165) is 37.8 Å². The van der Waals surface area contributed by atoms with Crippen LogP contribution in [-0.4, -0.2) is 25.6 Å². The molecule has 0 aliphatic heterocycles. The van der Waals surface area contributed by atoms with Gasteiger partial charge in [0.2, 0.25) is 0 Å². The fourth-order valence-electron chi connectivity index (χ4n) is 3.64. The SMILES string of the molecule is C=C(C)CC.CCCC(=O)C(C)(C)C.CCCc1ccccc1C(=NC)c1ccccc1.CNc1cccc(C)c1. The number of aliphatic imine (C=N–C) groups is 1. The summed E-state index contributed by atoms with van der Waals surface area (Å²) in [6, 6.07) is 27.2. The molecule has 0 bridgehead atoms. The van der Waals surface area contributed by atoms with E-state index < -0.39 is 0 Å². The Labute approximate surface area is 252 Å². The predicted octanol–water partition coefficient (Wildman–Crippen LogP) is 10.5. The maximum Gasteiger partial charge on any atom is 0.138 e. The van der Waals surface area contributed by atoms with Crippen LogP contribution in [-0.2, 0) is 11.2 Å². The third-order valence-electron chi connectivity index (χ3n) is 6.29. The minimum Gasteiger partial charge on any atom is -0.388 e. The predicted molar refractivity (Wildman–Crippen MR) is 184 cm³/mol. The highest BCUT2D eigenvalue weighted by Gasteiger charge is 2.19. The zero-order chi connectivity index (χ0) is 31.3. The molecule has 0 heterocycles. The number of anilines is 1. The summed E-state index contributed by atoms with van der Waals surface area (Å²) < 4.78 is 0. The molecule has 0 saturated carbocycles. The number of rotatable bonds is 8. The molecule has 1 N–H and O–H groups in total. The Kier molecular flexibility index (Phi) is 19.5. The molecule has 0 aliphatic rings. The fraction of sp³-hybridized carbons (Fsp3) is 0.421. The maximum absolute atomic E-state index is 11.1. The second-order valence-electron chi connectivity index (χ2n) is 11.2. The first-order valence-electron chi connectivity index (χ1n) is 15.0. The normalized spacial score (nSPS) is 10.5. The molecule has 0 radical (unpaired) electrons. The fourth-order valence-corrected chi connectivity index (χ4v) is 3.64. The number of hydrogen-bond donors (Lipinski definition) is 1. The number of allylic oxidation sites excluding steroid dienone is 1. The van der Waals surface area contributed by atoms with Crippen molar-refractivity contribution < 1.29 is 4.79 Å². The molecular formula is C38H56N2O. The van der Waals surface area contributed by atoms with Crippen LogP contribution >= 0.6 is 0 Å². The van der Waals surface area contributed by atoms with Gasteiger partial charge < -0.3 is 5.32 Å². The van der Waals surface area contributed by atoms with Crippen LogP contribution in [0.2, 0.25) is 0 Å². The van der Waals surface area contributed by atoms with Gasteiger partial charge in [-0.1, -0.05) is 120 Å². The van der Waals surface area contributed by atoms with Crippen molar-refractivity contribution >= 4 is 17.2 Å². The summed E-state index contributed by atoms with van der Waals surface area (Å²) in [7, 11) is 3.79. The highest BCUT2D eigenvalue weighted by atomic mass is 16.1. The lowest BCUT2D eigenvalue weighted by Crippen LogP contribution is -2.19. The van der Waals surface area contributed by atoms with E-state index >= 15 is 0 Å². The average molecular weight is 557 g/mol. The van der Waals surface area contributed by atoms with Crippen LogP contribution in [0.15, 0.2) is 96.0 Å². The highest BCUT2D eigenvalue weighted by Crippen LogP contribution is 2.18. The lowest BCUT2D eigenvalue weighted by molar-refractivity contribution is -0.126. The third-order valence-corrected chi connectivity index (χ3v) is 6.29. The number of carbonyl (C=O) groups is 1. The largest absolute Gasteiger partial charge is 0.388 e. The van der Waals surface area contributed by atoms with E-state index in [9.17, 15) is 4.79 Å². The second kappa shape index (κ2) is 21.3. The van der Waals surface area contributed by atoms with E-state index in [0.29, 0.717) is 5.78 Å². The number of carbonyl (C=O) groups excluding carboxylic acids is 1. The monoisotopic (exact) mass is 556 g/mol. The first-order chi connectivity index (χ1) is 19.4. The van der Waals surface area contributed by atoms with Crippen molar-refractivity contribution in [1.82, 2.24) is 0 Å². The number of benzene rings is 3. The first-order valence-corrected chi connectivity index (χ1v) is 15.0. The van der Waals surface area contributed by atoms with Gasteiger partial charge in [-0.2, -0.15) is 0 Å². The Morgan fingerprint density at radius 3 is 1.88 bits per heavy atom. The maximum atomic E-state index is 11.1. The van der Waals surface area contributed by atoms with E-state index in [2.05, 4.69) is 98.3 Å². The van der Waals surface area contributed by atoms with E-state index in [1.54, 1.807) is 0 Å². The highest BCUT2D eigenvalue weighted by molar-refractivity contribution is 6.13. The van der Waals surface area contributed by atoms with Gasteiger partial charge in [-0.05, 0) is 56.4 Å². The summed E-state index contributed by atoms with van der Waals surface area (Å²) in [6.07, 6.45) is 5.06. The van der Waals surface area contributed by atoms with Gasteiger partial charge in [0.15, 0.2) is 0 Å². The summed E-state index contributed by atoms with van der Waals surface area (Å²) in [5.74, 6) is 0.366. The van der Waals surface area contributed by atoms with Gasteiger partial charge in [0.25, 0.3) is 0 Å². The molecule has 0 atom stereocenters. The molecule has 3 aromatic carbocycles. The van der Waals surface area contributed by atoms with Crippen LogP contribution in [0.25, 0.3) is 0 Å². The van der Waals surface area contributed by atoms with Crippen molar-refractivity contribution in [3.05, 3.63) is 113 Å². The third kappa shape index (κ3) is 16.4. The molecule has 3 nitrogen and oxygen atoms in total. The Balaban J connectivity index is 0.000000587. The summed E-state index contributed by atoms with van der Waals surface area (Å²) in [5, 5.41) is 3.07. The van der Waals surface area contributed by atoms with Crippen molar-refractivity contribution in [2.45, 2.75) is 87.5 Å². The number of ketones is 1. The summed E-state index contributed by atoms with van der Waals surface area (Å²) in [5.41, 5.74) is 8.50. The molecule has 0 fully saturated rings. The van der Waals surface area contributed by atoms with Crippen LogP contribution in [0.1, 0.15) is 96.4 Å². The molecule has 0 spiro atoms. The molecule has 0 aliphatic carbocycles. The lowest BCUT2D eigenvalue weighted by Gasteiger charge is -2.15. The van der Waals surface area contributed by atoms with E-state index in [1.165, 1.54) is 33.5 Å². The minimum atomic E-state index is -0.129. The Bertz CT molecular complexity index is 1170. The van der Waals surface area contributed by atoms with Crippen molar-refractivity contribution in [2.75, 3.05) is 19.4 Å². The molecular weight excluding hydrogens is 500 g/mol. The zero-order valence-corrected chi connectivity index (χ0v) is 27.6. The Morgan fingerprint density at radius 2 is 1.46 bits per heavy atom. The van der Waals surface area contributed by atoms with E-state index in [-0.39, 0.29) is 5.41 Å². The van der Waals surface area contributed by atoms with Gasteiger partial charge in [-0.3, -0.25) is 9.79 Å². The molecule has 3 heteroatoms. The number of nitrogens with zero attached hydrogens (tertiary/aromatic N) is 1. The van der Waals surface area contributed by atoms with Gasteiger partial charge in [0.1, 0.15) is 5.78 Å². The summed E-state index contributed by atoms with van der Waals surface area (Å²) in [6.45, 7) is 20.0.